The van der Waals surface area contributed by atoms with Gasteiger partial charge in [0.2, 0.25) is 0 Å². The van der Waals surface area contributed by atoms with Gasteiger partial charge in [-0.05, 0) is 23.8 Å². The molecule has 124 valence electrons. The number of hydrogen-bond donors (Lipinski definition) is 1. The third kappa shape index (κ3) is 3.14. The Bertz CT molecular complexity index is 1000. The van der Waals surface area contributed by atoms with Crippen LogP contribution in [0.5, 0.6) is 0 Å². The van der Waals surface area contributed by atoms with E-state index in [2.05, 4.69) is 21.2 Å². The molecular formula is C19H16N4O2. The molecule has 4 aromatic rings. The summed E-state index contributed by atoms with van der Waals surface area (Å²) in [6.45, 7) is 0.291. The number of hydrogen-bond acceptors (Lipinski definition) is 4. The van der Waals surface area contributed by atoms with Crippen LogP contribution in [0.3, 0.4) is 0 Å². The summed E-state index contributed by atoms with van der Waals surface area (Å²) in [6.07, 6.45) is 4.01. The zero-order valence-corrected chi connectivity index (χ0v) is 13.4. The fourth-order valence-electron chi connectivity index (χ4n) is 2.71. The molecule has 2 aromatic carbocycles. The van der Waals surface area contributed by atoms with Crippen LogP contribution in [0, 0.1) is 0 Å². The van der Waals surface area contributed by atoms with Crippen molar-refractivity contribution in [2.75, 3.05) is 6.61 Å². The predicted octanol–water partition coefficient (Wildman–Crippen LogP) is 3.15. The first-order valence-corrected chi connectivity index (χ1v) is 8.01. The maximum atomic E-state index is 12.1. The molecule has 6 nitrogen and oxygen atoms in total. The molecule has 0 atom stereocenters. The SMILES string of the molecule is O=C(OCCc1c[nH]c2ccccc12)c1cnn(-c2ccccc2)n1. The van der Waals surface area contributed by atoms with E-state index in [4.69, 9.17) is 4.74 Å². The number of fused-ring (bicyclic) bond motifs is 1. The van der Waals surface area contributed by atoms with Crippen LogP contribution in [0.1, 0.15) is 16.1 Å². The first-order chi connectivity index (χ1) is 12.3. The average molecular weight is 332 g/mol. The van der Waals surface area contributed by atoms with Gasteiger partial charge >= 0.3 is 5.97 Å². The number of ether oxygens (including phenoxy) is 1. The minimum absolute atomic E-state index is 0.197. The Balaban J connectivity index is 1.39. The van der Waals surface area contributed by atoms with E-state index in [1.807, 2.05) is 54.7 Å². The van der Waals surface area contributed by atoms with Gasteiger partial charge in [0, 0.05) is 23.5 Å². The Kier molecular flexibility index (Phi) is 4.00. The zero-order valence-electron chi connectivity index (χ0n) is 13.4. The van der Waals surface area contributed by atoms with E-state index in [-0.39, 0.29) is 5.69 Å². The summed E-state index contributed by atoms with van der Waals surface area (Å²) in [5, 5.41) is 9.42. The molecule has 1 N–H and O–H groups in total. The van der Waals surface area contributed by atoms with Crippen molar-refractivity contribution >= 4 is 16.9 Å². The summed E-state index contributed by atoms with van der Waals surface area (Å²) in [5.74, 6) is -0.470. The number of carbonyl (C=O) groups excluding carboxylic acids is 1. The first-order valence-electron chi connectivity index (χ1n) is 8.01. The van der Waals surface area contributed by atoms with Crippen molar-refractivity contribution < 1.29 is 9.53 Å². The number of aromatic amines is 1. The quantitative estimate of drug-likeness (QED) is 0.570. The van der Waals surface area contributed by atoms with Crippen molar-refractivity contribution in [2.45, 2.75) is 6.42 Å². The van der Waals surface area contributed by atoms with Crippen LogP contribution in [-0.2, 0) is 11.2 Å². The highest BCUT2D eigenvalue weighted by molar-refractivity contribution is 5.87. The normalized spacial score (nSPS) is 10.9. The van der Waals surface area contributed by atoms with E-state index < -0.39 is 5.97 Å². The standard InChI is InChI=1S/C19H16N4O2/c24-19(18-13-21-23(22-18)15-6-2-1-3-7-15)25-11-10-14-12-20-17-9-5-4-8-16(14)17/h1-9,12-13,20H,10-11H2. The van der Waals surface area contributed by atoms with Crippen LogP contribution in [0.2, 0.25) is 0 Å². The smallest absolute Gasteiger partial charge is 0.360 e. The number of carbonyl (C=O) groups is 1. The Morgan fingerprint density at radius 1 is 1.08 bits per heavy atom. The second-order valence-corrected chi connectivity index (χ2v) is 5.60. The van der Waals surface area contributed by atoms with Gasteiger partial charge in [-0.25, -0.2) is 4.79 Å². The van der Waals surface area contributed by atoms with Crippen molar-refractivity contribution in [2.24, 2.45) is 0 Å². The maximum absolute atomic E-state index is 12.1. The largest absolute Gasteiger partial charge is 0.461 e. The Morgan fingerprint density at radius 3 is 2.76 bits per heavy atom. The molecule has 2 aromatic heterocycles. The molecular weight excluding hydrogens is 316 g/mol. The highest BCUT2D eigenvalue weighted by Gasteiger charge is 2.13. The van der Waals surface area contributed by atoms with Gasteiger partial charge in [-0.1, -0.05) is 36.4 Å². The van der Waals surface area contributed by atoms with E-state index in [1.54, 1.807) is 0 Å². The Hall–Kier alpha value is -3.41. The van der Waals surface area contributed by atoms with Gasteiger partial charge in [0.25, 0.3) is 0 Å². The lowest BCUT2D eigenvalue weighted by atomic mass is 10.1. The summed E-state index contributed by atoms with van der Waals surface area (Å²) in [6, 6.07) is 17.5. The van der Waals surface area contributed by atoms with Gasteiger partial charge in [-0.3, -0.25) is 0 Å². The molecule has 0 fully saturated rings. The Morgan fingerprint density at radius 2 is 1.88 bits per heavy atom. The van der Waals surface area contributed by atoms with Crippen molar-refractivity contribution in [3.63, 3.8) is 0 Å². The second kappa shape index (κ2) is 6.60. The Labute approximate surface area is 144 Å². The fraction of sp³-hybridized carbons (Fsp3) is 0.105. The van der Waals surface area contributed by atoms with Gasteiger partial charge in [-0.15, -0.1) is 5.10 Å². The van der Waals surface area contributed by atoms with Gasteiger partial charge in [0.15, 0.2) is 5.69 Å². The summed E-state index contributed by atoms with van der Waals surface area (Å²) in [7, 11) is 0. The fourth-order valence-corrected chi connectivity index (χ4v) is 2.71. The van der Waals surface area contributed by atoms with Crippen LogP contribution in [0.15, 0.2) is 67.0 Å². The number of esters is 1. The summed E-state index contributed by atoms with van der Waals surface area (Å²) < 4.78 is 5.33. The van der Waals surface area contributed by atoms with Gasteiger partial charge in [0.05, 0.1) is 18.5 Å². The van der Waals surface area contributed by atoms with Gasteiger partial charge in [-0.2, -0.15) is 9.90 Å². The zero-order chi connectivity index (χ0) is 17.1. The monoisotopic (exact) mass is 332 g/mol. The number of rotatable bonds is 5. The summed E-state index contributed by atoms with van der Waals surface area (Å²) in [5.41, 5.74) is 3.19. The lowest BCUT2D eigenvalue weighted by Crippen LogP contribution is -2.09. The third-order valence-corrected chi connectivity index (χ3v) is 3.97. The molecule has 0 amide bonds. The van der Waals surface area contributed by atoms with E-state index in [9.17, 15) is 4.79 Å². The molecule has 0 saturated carbocycles. The van der Waals surface area contributed by atoms with E-state index >= 15 is 0 Å². The molecule has 0 saturated heterocycles. The molecule has 0 aliphatic heterocycles. The highest BCUT2D eigenvalue weighted by atomic mass is 16.5. The molecule has 0 bridgehead atoms. The summed E-state index contributed by atoms with van der Waals surface area (Å²) >= 11 is 0. The van der Waals surface area contributed by atoms with E-state index in [0.29, 0.717) is 13.0 Å². The van der Waals surface area contributed by atoms with Crippen molar-refractivity contribution in [3.8, 4) is 5.69 Å². The van der Waals surface area contributed by atoms with Crippen molar-refractivity contribution in [3.05, 3.63) is 78.2 Å². The predicted molar refractivity (Wildman–Crippen MR) is 93.6 cm³/mol. The molecule has 25 heavy (non-hydrogen) atoms. The number of para-hydroxylation sites is 2. The molecule has 0 aliphatic carbocycles. The lowest BCUT2D eigenvalue weighted by Gasteiger charge is -2.02. The van der Waals surface area contributed by atoms with E-state index in [0.717, 1.165) is 22.2 Å². The lowest BCUT2D eigenvalue weighted by molar-refractivity contribution is 0.0502. The number of H-pyrrole nitrogens is 1. The number of aromatic nitrogens is 4. The van der Waals surface area contributed by atoms with Crippen LogP contribution in [0.25, 0.3) is 16.6 Å². The molecule has 0 unspecified atom stereocenters. The van der Waals surface area contributed by atoms with Crippen LogP contribution < -0.4 is 0 Å². The molecule has 4 rings (SSSR count). The number of benzene rings is 2. The number of nitrogens with one attached hydrogen (secondary N) is 1. The second-order valence-electron chi connectivity index (χ2n) is 5.60. The average Bonchev–Trinajstić information content (AvgIpc) is 3.30. The van der Waals surface area contributed by atoms with Crippen molar-refractivity contribution in [1.29, 1.82) is 0 Å². The van der Waals surface area contributed by atoms with Gasteiger partial charge < -0.3 is 9.72 Å². The van der Waals surface area contributed by atoms with Crippen LogP contribution >= 0.6 is 0 Å². The number of nitrogens with zero attached hydrogens (tertiary/aromatic N) is 3. The molecule has 6 heteroatoms. The molecule has 0 aliphatic rings. The molecule has 0 radical (unpaired) electrons. The minimum Gasteiger partial charge on any atom is -0.461 e. The molecule has 2 heterocycles. The topological polar surface area (TPSA) is 72.8 Å². The van der Waals surface area contributed by atoms with Crippen LogP contribution in [-0.4, -0.2) is 32.6 Å². The first kappa shape index (κ1) is 15.1. The molecule has 0 spiro atoms. The minimum atomic E-state index is -0.470. The van der Waals surface area contributed by atoms with E-state index in [1.165, 1.54) is 11.0 Å². The van der Waals surface area contributed by atoms with Crippen molar-refractivity contribution in [1.82, 2.24) is 20.0 Å². The summed E-state index contributed by atoms with van der Waals surface area (Å²) in [4.78, 5) is 16.8. The third-order valence-electron chi connectivity index (χ3n) is 3.97. The van der Waals surface area contributed by atoms with Crippen LogP contribution in [0.4, 0.5) is 0 Å². The highest BCUT2D eigenvalue weighted by Crippen LogP contribution is 2.18. The maximum Gasteiger partial charge on any atom is 0.360 e. The van der Waals surface area contributed by atoms with Gasteiger partial charge in [0.1, 0.15) is 0 Å².